The number of benzene rings is 2. The van der Waals surface area contributed by atoms with Crippen molar-refractivity contribution in [2.24, 2.45) is 0 Å². The van der Waals surface area contributed by atoms with E-state index in [2.05, 4.69) is 29.2 Å². The summed E-state index contributed by atoms with van der Waals surface area (Å²) in [5.41, 5.74) is 1.13. The molecule has 3 rings (SSSR count). The summed E-state index contributed by atoms with van der Waals surface area (Å²) in [7, 11) is 1.46. The number of hydrogen-bond donors (Lipinski definition) is 0. The van der Waals surface area contributed by atoms with E-state index in [1.54, 1.807) is 0 Å². The van der Waals surface area contributed by atoms with Crippen LogP contribution >= 0.6 is 0 Å². The minimum atomic E-state index is -0.143. The Kier molecular flexibility index (Phi) is 3.11. The van der Waals surface area contributed by atoms with Gasteiger partial charge in [0.25, 0.3) is 0 Å². The van der Waals surface area contributed by atoms with Gasteiger partial charge in [-0.25, -0.2) is 4.79 Å². The average Bonchev–Trinajstić information content (AvgIpc) is 2.95. The van der Waals surface area contributed by atoms with Crippen LogP contribution in [-0.2, 0) is 9.53 Å². The number of fused-ring (bicyclic) bond motifs is 1. The highest BCUT2D eigenvalue weighted by Gasteiger charge is 2.32. The lowest BCUT2D eigenvalue weighted by Crippen LogP contribution is -2.36. The Hall–Kier alpha value is -2.03. The number of esters is 1. The summed E-state index contributed by atoms with van der Waals surface area (Å²) in [6, 6.07) is 14.4. The van der Waals surface area contributed by atoms with Crippen LogP contribution in [0.15, 0.2) is 42.5 Å². The molecule has 1 aliphatic heterocycles. The van der Waals surface area contributed by atoms with Crippen molar-refractivity contribution in [2.45, 2.75) is 18.9 Å². The van der Waals surface area contributed by atoms with Gasteiger partial charge >= 0.3 is 5.97 Å². The lowest BCUT2D eigenvalue weighted by molar-refractivity contribution is -0.141. The van der Waals surface area contributed by atoms with Crippen molar-refractivity contribution in [3.8, 4) is 0 Å². The van der Waals surface area contributed by atoms with Crippen LogP contribution in [0.2, 0.25) is 0 Å². The summed E-state index contributed by atoms with van der Waals surface area (Å²) < 4.78 is 4.92. The maximum absolute atomic E-state index is 11.9. The van der Waals surface area contributed by atoms with Crippen molar-refractivity contribution < 1.29 is 9.53 Å². The molecule has 0 N–H and O–H groups in total. The Balaban J connectivity index is 2.06. The van der Waals surface area contributed by atoms with Gasteiger partial charge < -0.3 is 9.64 Å². The molecular formula is C16H17NO2. The molecule has 0 bridgehead atoms. The second-order valence-electron chi connectivity index (χ2n) is 4.87. The molecule has 0 aromatic heterocycles. The highest BCUT2D eigenvalue weighted by molar-refractivity contribution is 5.96. The molecule has 0 aliphatic carbocycles. The van der Waals surface area contributed by atoms with E-state index in [0.717, 1.165) is 25.1 Å². The standard InChI is InChI=1S/C16H17NO2/c1-19-16(18)15-10-5-11-17(15)14-9-4-7-12-6-2-3-8-13(12)14/h2-4,6-9,15H,5,10-11H2,1H3/t15-/m0/s1. The van der Waals surface area contributed by atoms with Gasteiger partial charge in [0.15, 0.2) is 0 Å². The van der Waals surface area contributed by atoms with E-state index in [1.165, 1.54) is 17.9 Å². The van der Waals surface area contributed by atoms with Gasteiger partial charge in [-0.2, -0.15) is 0 Å². The summed E-state index contributed by atoms with van der Waals surface area (Å²) in [4.78, 5) is 14.0. The van der Waals surface area contributed by atoms with Crippen LogP contribution in [0.5, 0.6) is 0 Å². The fourth-order valence-electron chi connectivity index (χ4n) is 2.89. The zero-order valence-corrected chi connectivity index (χ0v) is 11.0. The van der Waals surface area contributed by atoms with E-state index in [0.29, 0.717) is 0 Å². The van der Waals surface area contributed by atoms with E-state index in [-0.39, 0.29) is 12.0 Å². The van der Waals surface area contributed by atoms with Crippen LogP contribution in [-0.4, -0.2) is 25.7 Å². The number of methoxy groups -OCH3 is 1. The first-order valence-electron chi connectivity index (χ1n) is 6.63. The fraction of sp³-hybridized carbons (Fsp3) is 0.312. The Morgan fingerprint density at radius 3 is 2.84 bits per heavy atom. The Labute approximate surface area is 112 Å². The van der Waals surface area contributed by atoms with Crippen LogP contribution in [0, 0.1) is 0 Å². The molecule has 0 amide bonds. The molecule has 1 saturated heterocycles. The quantitative estimate of drug-likeness (QED) is 0.773. The summed E-state index contributed by atoms with van der Waals surface area (Å²) in [6.45, 7) is 0.910. The van der Waals surface area contributed by atoms with Crippen molar-refractivity contribution in [3.63, 3.8) is 0 Å². The molecule has 0 spiro atoms. The highest BCUT2D eigenvalue weighted by Crippen LogP contribution is 2.32. The van der Waals surface area contributed by atoms with Crippen molar-refractivity contribution in [3.05, 3.63) is 42.5 Å². The number of ether oxygens (including phenoxy) is 1. The molecule has 98 valence electrons. The van der Waals surface area contributed by atoms with Gasteiger partial charge in [0.05, 0.1) is 7.11 Å². The van der Waals surface area contributed by atoms with Gasteiger partial charge in [0, 0.05) is 17.6 Å². The second kappa shape index (κ2) is 4.92. The smallest absolute Gasteiger partial charge is 0.328 e. The van der Waals surface area contributed by atoms with Gasteiger partial charge in [-0.05, 0) is 24.3 Å². The topological polar surface area (TPSA) is 29.5 Å². The second-order valence-corrected chi connectivity index (χ2v) is 4.87. The molecule has 1 heterocycles. The highest BCUT2D eigenvalue weighted by atomic mass is 16.5. The first kappa shape index (κ1) is 12.0. The lowest BCUT2D eigenvalue weighted by Gasteiger charge is -2.26. The molecule has 1 fully saturated rings. The maximum atomic E-state index is 11.9. The molecule has 0 saturated carbocycles. The fourth-order valence-corrected chi connectivity index (χ4v) is 2.89. The zero-order valence-electron chi connectivity index (χ0n) is 11.0. The van der Waals surface area contributed by atoms with Crippen LogP contribution < -0.4 is 4.90 Å². The molecule has 3 heteroatoms. The molecule has 0 unspecified atom stereocenters. The molecule has 3 nitrogen and oxygen atoms in total. The number of carbonyl (C=O) groups is 1. The van der Waals surface area contributed by atoms with Crippen LogP contribution in [0.25, 0.3) is 10.8 Å². The van der Waals surface area contributed by atoms with E-state index >= 15 is 0 Å². The Morgan fingerprint density at radius 2 is 2.00 bits per heavy atom. The number of anilines is 1. The van der Waals surface area contributed by atoms with Crippen molar-refractivity contribution in [1.82, 2.24) is 0 Å². The lowest BCUT2D eigenvalue weighted by atomic mass is 10.1. The van der Waals surface area contributed by atoms with E-state index in [9.17, 15) is 4.79 Å². The minimum absolute atomic E-state index is 0.134. The van der Waals surface area contributed by atoms with E-state index < -0.39 is 0 Å². The molecule has 1 aliphatic rings. The maximum Gasteiger partial charge on any atom is 0.328 e. The van der Waals surface area contributed by atoms with Gasteiger partial charge in [-0.15, -0.1) is 0 Å². The van der Waals surface area contributed by atoms with Gasteiger partial charge in [0.1, 0.15) is 6.04 Å². The molecule has 1 atom stereocenters. The molecule has 2 aromatic rings. The van der Waals surface area contributed by atoms with Crippen molar-refractivity contribution in [2.75, 3.05) is 18.6 Å². The molecular weight excluding hydrogens is 238 g/mol. The molecule has 0 radical (unpaired) electrons. The number of nitrogens with zero attached hydrogens (tertiary/aromatic N) is 1. The van der Waals surface area contributed by atoms with Crippen LogP contribution in [0.4, 0.5) is 5.69 Å². The monoisotopic (exact) mass is 255 g/mol. The minimum Gasteiger partial charge on any atom is -0.467 e. The summed E-state index contributed by atoms with van der Waals surface area (Å²) >= 11 is 0. The summed E-state index contributed by atoms with van der Waals surface area (Å²) in [5.74, 6) is -0.134. The van der Waals surface area contributed by atoms with Gasteiger partial charge in [0.2, 0.25) is 0 Å². The van der Waals surface area contributed by atoms with Crippen molar-refractivity contribution in [1.29, 1.82) is 0 Å². The number of hydrogen-bond acceptors (Lipinski definition) is 3. The predicted molar refractivity (Wildman–Crippen MR) is 76.3 cm³/mol. The van der Waals surface area contributed by atoms with Gasteiger partial charge in [-0.3, -0.25) is 0 Å². The third-order valence-corrected chi connectivity index (χ3v) is 3.80. The molecule has 19 heavy (non-hydrogen) atoms. The predicted octanol–water partition coefficient (Wildman–Crippen LogP) is 2.98. The average molecular weight is 255 g/mol. The SMILES string of the molecule is COC(=O)[C@@H]1CCCN1c1cccc2ccccc12. The van der Waals surface area contributed by atoms with Crippen LogP contribution in [0.3, 0.4) is 0 Å². The normalized spacial score (nSPS) is 18.8. The third kappa shape index (κ3) is 2.05. The number of carbonyl (C=O) groups excluding carboxylic acids is 1. The van der Waals surface area contributed by atoms with E-state index in [4.69, 9.17) is 4.74 Å². The van der Waals surface area contributed by atoms with Crippen molar-refractivity contribution >= 4 is 22.4 Å². The van der Waals surface area contributed by atoms with E-state index in [1.807, 2.05) is 18.2 Å². The largest absolute Gasteiger partial charge is 0.467 e. The first-order chi connectivity index (χ1) is 9.31. The van der Waals surface area contributed by atoms with Gasteiger partial charge in [-0.1, -0.05) is 36.4 Å². The Morgan fingerprint density at radius 1 is 1.21 bits per heavy atom. The Bertz CT molecular complexity index is 603. The number of rotatable bonds is 2. The third-order valence-electron chi connectivity index (χ3n) is 3.80. The zero-order chi connectivity index (χ0) is 13.2. The molecule has 2 aromatic carbocycles. The summed E-state index contributed by atoms with van der Waals surface area (Å²) in [6.07, 6.45) is 1.90. The van der Waals surface area contributed by atoms with Crippen LogP contribution in [0.1, 0.15) is 12.8 Å². The first-order valence-corrected chi connectivity index (χ1v) is 6.63. The summed E-state index contributed by atoms with van der Waals surface area (Å²) in [5, 5.41) is 2.40.